The van der Waals surface area contributed by atoms with E-state index >= 15 is 0 Å². The van der Waals surface area contributed by atoms with Gasteiger partial charge in [-0.25, -0.2) is 0 Å². The Bertz CT molecular complexity index is 340. The van der Waals surface area contributed by atoms with Gasteiger partial charge in [0, 0.05) is 18.6 Å². The maximum Gasteiger partial charge on any atom is 0.0320 e. The summed E-state index contributed by atoms with van der Waals surface area (Å²) in [6.07, 6.45) is 2.57. The Kier molecular flexibility index (Phi) is 6.13. The Balaban J connectivity index is 0.00000162. The molecule has 0 spiro atoms. The molecule has 0 aliphatic carbocycles. The molecule has 0 radical (unpaired) electrons. The van der Waals surface area contributed by atoms with Crippen LogP contribution in [0.1, 0.15) is 38.3 Å². The van der Waals surface area contributed by atoms with Crippen molar-refractivity contribution in [1.29, 1.82) is 0 Å². The summed E-state index contributed by atoms with van der Waals surface area (Å²) in [7, 11) is 0. The number of halogens is 1. The highest BCUT2D eigenvalue weighted by Crippen LogP contribution is 2.27. The summed E-state index contributed by atoms with van der Waals surface area (Å²) < 4.78 is 0. The van der Waals surface area contributed by atoms with E-state index in [1.165, 1.54) is 24.9 Å². The summed E-state index contributed by atoms with van der Waals surface area (Å²) in [6, 6.07) is 11.6. The van der Waals surface area contributed by atoms with Crippen LogP contribution >= 0.6 is 12.4 Å². The van der Waals surface area contributed by atoms with Crippen molar-refractivity contribution in [2.24, 2.45) is 11.7 Å². The lowest BCUT2D eigenvalue weighted by atomic mass is 9.90. The van der Waals surface area contributed by atoms with Gasteiger partial charge in [0.15, 0.2) is 0 Å². The van der Waals surface area contributed by atoms with Crippen molar-refractivity contribution in [2.75, 3.05) is 13.1 Å². The van der Waals surface area contributed by atoms with Gasteiger partial charge < -0.3 is 5.73 Å². The van der Waals surface area contributed by atoms with Gasteiger partial charge in [-0.2, -0.15) is 0 Å². The van der Waals surface area contributed by atoms with E-state index in [0.29, 0.717) is 18.0 Å². The van der Waals surface area contributed by atoms with Crippen LogP contribution in [0.4, 0.5) is 0 Å². The van der Waals surface area contributed by atoms with E-state index in [-0.39, 0.29) is 12.4 Å². The van der Waals surface area contributed by atoms with Gasteiger partial charge in [0.2, 0.25) is 0 Å². The second kappa shape index (κ2) is 7.13. The van der Waals surface area contributed by atoms with E-state index in [9.17, 15) is 0 Å². The number of likely N-dealkylation sites (tertiary alicyclic amines) is 1. The SMILES string of the molecule is CC(N)C1CCCN(C(C)c2ccccc2)C1.Cl. The fourth-order valence-corrected chi connectivity index (χ4v) is 2.76. The van der Waals surface area contributed by atoms with E-state index in [4.69, 9.17) is 5.73 Å². The summed E-state index contributed by atoms with van der Waals surface area (Å²) in [5.74, 6) is 0.662. The van der Waals surface area contributed by atoms with Gasteiger partial charge in [0.1, 0.15) is 0 Å². The van der Waals surface area contributed by atoms with Gasteiger partial charge in [-0.05, 0) is 44.7 Å². The van der Waals surface area contributed by atoms with Gasteiger partial charge in [0.25, 0.3) is 0 Å². The minimum absolute atomic E-state index is 0. The molecule has 0 bridgehead atoms. The molecule has 0 aromatic heterocycles. The first kappa shape index (κ1) is 15.5. The molecule has 102 valence electrons. The average molecular weight is 269 g/mol. The van der Waals surface area contributed by atoms with E-state index < -0.39 is 0 Å². The number of benzene rings is 1. The van der Waals surface area contributed by atoms with Crippen molar-refractivity contribution in [1.82, 2.24) is 4.90 Å². The summed E-state index contributed by atoms with van der Waals surface area (Å²) in [4.78, 5) is 2.58. The van der Waals surface area contributed by atoms with Crippen molar-refractivity contribution in [3.8, 4) is 0 Å². The van der Waals surface area contributed by atoms with Crippen LogP contribution in [0.25, 0.3) is 0 Å². The van der Waals surface area contributed by atoms with Crippen molar-refractivity contribution < 1.29 is 0 Å². The summed E-state index contributed by atoms with van der Waals surface area (Å²) >= 11 is 0. The Morgan fingerprint density at radius 3 is 2.50 bits per heavy atom. The molecule has 18 heavy (non-hydrogen) atoms. The minimum Gasteiger partial charge on any atom is -0.328 e. The Labute approximate surface area is 117 Å². The zero-order chi connectivity index (χ0) is 12.3. The van der Waals surface area contributed by atoms with Gasteiger partial charge in [0.05, 0.1) is 0 Å². The zero-order valence-corrected chi connectivity index (χ0v) is 12.2. The van der Waals surface area contributed by atoms with Gasteiger partial charge >= 0.3 is 0 Å². The highest BCUT2D eigenvalue weighted by Gasteiger charge is 2.25. The van der Waals surface area contributed by atoms with Crippen LogP contribution in [0.3, 0.4) is 0 Å². The van der Waals surface area contributed by atoms with Crippen LogP contribution in [0.5, 0.6) is 0 Å². The van der Waals surface area contributed by atoms with Crippen LogP contribution < -0.4 is 5.73 Å². The lowest BCUT2D eigenvalue weighted by Gasteiger charge is -2.38. The van der Waals surface area contributed by atoms with Crippen LogP contribution in [-0.4, -0.2) is 24.0 Å². The molecule has 3 atom stereocenters. The molecular weight excluding hydrogens is 244 g/mol. The van der Waals surface area contributed by atoms with Crippen molar-refractivity contribution in [3.05, 3.63) is 35.9 Å². The molecule has 2 rings (SSSR count). The van der Waals surface area contributed by atoms with E-state index in [2.05, 4.69) is 49.1 Å². The number of hydrogen-bond acceptors (Lipinski definition) is 2. The Morgan fingerprint density at radius 2 is 1.89 bits per heavy atom. The van der Waals surface area contributed by atoms with Gasteiger partial charge in [-0.15, -0.1) is 12.4 Å². The Hall–Kier alpha value is -0.570. The normalized spacial score (nSPS) is 24.1. The highest BCUT2D eigenvalue weighted by atomic mass is 35.5. The Morgan fingerprint density at radius 1 is 1.22 bits per heavy atom. The molecule has 1 aliphatic heterocycles. The minimum atomic E-state index is 0. The second-order valence-electron chi connectivity index (χ2n) is 5.34. The summed E-state index contributed by atoms with van der Waals surface area (Å²) in [5.41, 5.74) is 7.46. The average Bonchev–Trinajstić information content (AvgIpc) is 2.39. The molecule has 1 aliphatic rings. The van der Waals surface area contributed by atoms with Crippen molar-refractivity contribution >= 4 is 12.4 Å². The molecule has 1 aromatic carbocycles. The summed E-state index contributed by atoms with van der Waals surface area (Å²) in [6.45, 7) is 6.80. The zero-order valence-electron chi connectivity index (χ0n) is 11.4. The lowest BCUT2D eigenvalue weighted by Crippen LogP contribution is -2.43. The van der Waals surface area contributed by atoms with Crippen LogP contribution in [0.15, 0.2) is 30.3 Å². The van der Waals surface area contributed by atoms with Crippen LogP contribution in [-0.2, 0) is 0 Å². The molecule has 3 heteroatoms. The predicted molar refractivity (Wildman–Crippen MR) is 80.1 cm³/mol. The fourth-order valence-electron chi connectivity index (χ4n) is 2.76. The molecule has 2 N–H and O–H groups in total. The van der Waals surface area contributed by atoms with Crippen LogP contribution in [0, 0.1) is 5.92 Å². The largest absolute Gasteiger partial charge is 0.328 e. The molecule has 1 fully saturated rings. The van der Waals surface area contributed by atoms with E-state index in [1.807, 2.05) is 0 Å². The second-order valence-corrected chi connectivity index (χ2v) is 5.34. The topological polar surface area (TPSA) is 29.3 Å². The number of rotatable bonds is 3. The number of nitrogens with zero attached hydrogens (tertiary/aromatic N) is 1. The lowest BCUT2D eigenvalue weighted by molar-refractivity contribution is 0.121. The van der Waals surface area contributed by atoms with E-state index in [0.717, 1.165) is 6.54 Å². The molecule has 3 unspecified atom stereocenters. The molecule has 1 saturated heterocycles. The number of nitrogens with two attached hydrogens (primary N) is 1. The molecule has 2 nitrogen and oxygen atoms in total. The van der Waals surface area contributed by atoms with Crippen molar-refractivity contribution in [2.45, 2.75) is 38.8 Å². The highest BCUT2D eigenvalue weighted by molar-refractivity contribution is 5.85. The van der Waals surface area contributed by atoms with Crippen LogP contribution in [0.2, 0.25) is 0 Å². The third-order valence-electron chi connectivity index (χ3n) is 4.06. The fraction of sp³-hybridized carbons (Fsp3) is 0.600. The molecular formula is C15H25ClN2. The third kappa shape index (κ3) is 3.71. The number of piperidine rings is 1. The first-order chi connectivity index (χ1) is 8.18. The standard InChI is InChI=1S/C15H24N2.ClH/c1-12(16)15-9-6-10-17(11-15)13(2)14-7-4-3-5-8-14;/h3-5,7-8,12-13,15H,6,9-11,16H2,1-2H3;1H. The summed E-state index contributed by atoms with van der Waals surface area (Å²) in [5, 5.41) is 0. The molecule has 0 amide bonds. The van der Waals surface area contributed by atoms with Gasteiger partial charge in [-0.1, -0.05) is 30.3 Å². The van der Waals surface area contributed by atoms with E-state index in [1.54, 1.807) is 0 Å². The predicted octanol–water partition coefficient (Wildman–Crippen LogP) is 3.23. The monoisotopic (exact) mass is 268 g/mol. The smallest absolute Gasteiger partial charge is 0.0320 e. The molecule has 1 aromatic rings. The maximum absolute atomic E-state index is 6.04. The molecule has 0 saturated carbocycles. The quantitative estimate of drug-likeness (QED) is 0.912. The maximum atomic E-state index is 6.04. The van der Waals surface area contributed by atoms with Gasteiger partial charge in [-0.3, -0.25) is 4.90 Å². The first-order valence-corrected chi connectivity index (χ1v) is 6.73. The molecule has 1 heterocycles. The van der Waals surface area contributed by atoms with Crippen molar-refractivity contribution in [3.63, 3.8) is 0 Å². The number of hydrogen-bond donors (Lipinski definition) is 1. The third-order valence-corrected chi connectivity index (χ3v) is 4.06. The first-order valence-electron chi connectivity index (χ1n) is 6.73.